The van der Waals surface area contributed by atoms with Gasteiger partial charge in [-0.15, -0.1) is 0 Å². The van der Waals surface area contributed by atoms with Crippen molar-refractivity contribution in [3.63, 3.8) is 0 Å². The van der Waals surface area contributed by atoms with Gasteiger partial charge in [0, 0.05) is 17.2 Å². The number of aryl methyl sites for hydroxylation is 2. The van der Waals surface area contributed by atoms with Crippen LogP contribution in [0.2, 0.25) is 0 Å². The van der Waals surface area contributed by atoms with E-state index in [1.807, 2.05) is 0 Å². The smallest absolute Gasteiger partial charge is 0.201 e. The molecule has 1 heterocycles. The fourth-order valence-electron chi connectivity index (χ4n) is 3.51. The number of benzene rings is 2. The van der Waals surface area contributed by atoms with E-state index in [9.17, 15) is 0 Å². The topological polar surface area (TPSA) is 3.88 Å². The fourth-order valence-corrected chi connectivity index (χ4v) is 3.51. The molecule has 108 valence electrons. The van der Waals surface area contributed by atoms with Gasteiger partial charge in [0.25, 0.3) is 0 Å². The normalized spacial score (nSPS) is 13.4. The molecule has 0 spiro atoms. The van der Waals surface area contributed by atoms with Crippen LogP contribution in [-0.4, -0.2) is 0 Å². The Morgan fingerprint density at radius 3 is 2.55 bits per heavy atom. The van der Waals surface area contributed by atoms with Gasteiger partial charge in [0.2, 0.25) is 5.69 Å². The summed E-state index contributed by atoms with van der Waals surface area (Å²) in [6.45, 7) is 2.23. The highest BCUT2D eigenvalue weighted by atomic mass is 14.9. The third kappa shape index (κ3) is 2.05. The lowest BCUT2D eigenvalue weighted by Gasteiger charge is -2.13. The number of nitrogens with zero attached hydrogens (tertiary/aromatic N) is 1. The molecule has 0 amide bonds. The van der Waals surface area contributed by atoms with Gasteiger partial charge in [0.1, 0.15) is 7.05 Å². The van der Waals surface area contributed by atoms with Gasteiger partial charge in [-0.1, -0.05) is 42.5 Å². The Hall–Kier alpha value is -2.41. The van der Waals surface area contributed by atoms with Gasteiger partial charge in [-0.25, -0.2) is 4.57 Å². The van der Waals surface area contributed by atoms with E-state index >= 15 is 0 Å². The van der Waals surface area contributed by atoms with E-state index in [-0.39, 0.29) is 0 Å². The first-order valence-electron chi connectivity index (χ1n) is 7.89. The Morgan fingerprint density at radius 2 is 1.68 bits per heavy atom. The van der Waals surface area contributed by atoms with Crippen LogP contribution in [0.1, 0.15) is 16.7 Å². The molecule has 1 aliphatic carbocycles. The number of hydrogen-bond donors (Lipinski definition) is 0. The molecule has 0 fully saturated rings. The molecule has 1 aliphatic rings. The first kappa shape index (κ1) is 13.3. The summed E-state index contributed by atoms with van der Waals surface area (Å²) in [5.74, 6) is 0. The molecule has 0 radical (unpaired) electrons. The van der Waals surface area contributed by atoms with E-state index in [4.69, 9.17) is 0 Å². The molecule has 0 unspecified atom stereocenters. The van der Waals surface area contributed by atoms with Crippen LogP contribution >= 0.6 is 0 Å². The molecule has 0 aliphatic heterocycles. The zero-order valence-corrected chi connectivity index (χ0v) is 13.1. The van der Waals surface area contributed by atoms with Crippen molar-refractivity contribution in [1.82, 2.24) is 0 Å². The van der Waals surface area contributed by atoms with Gasteiger partial charge in [-0.3, -0.25) is 0 Å². The summed E-state index contributed by atoms with van der Waals surface area (Å²) in [6.07, 6.45) is 8.95. The van der Waals surface area contributed by atoms with Gasteiger partial charge in [0.15, 0.2) is 6.20 Å². The minimum atomic E-state index is 1.05. The Bertz CT molecular complexity index is 903. The van der Waals surface area contributed by atoms with Gasteiger partial charge in [0.05, 0.1) is 0 Å². The zero-order chi connectivity index (χ0) is 15.1. The minimum absolute atomic E-state index is 1.05. The Morgan fingerprint density at radius 1 is 0.909 bits per heavy atom. The van der Waals surface area contributed by atoms with Gasteiger partial charge in [-0.05, 0) is 47.7 Å². The van der Waals surface area contributed by atoms with Crippen molar-refractivity contribution >= 4 is 10.8 Å². The monoisotopic (exact) mass is 286 g/mol. The van der Waals surface area contributed by atoms with Crippen LogP contribution in [0.3, 0.4) is 0 Å². The van der Waals surface area contributed by atoms with Crippen molar-refractivity contribution in [2.45, 2.75) is 19.8 Å². The Labute approximate surface area is 131 Å². The van der Waals surface area contributed by atoms with Crippen LogP contribution in [0.25, 0.3) is 22.0 Å². The maximum absolute atomic E-state index is 2.37. The number of aromatic nitrogens is 1. The lowest BCUT2D eigenvalue weighted by atomic mass is 9.93. The standard InChI is InChI=1S/C21H20N/c1-15-19-10-6-5-7-16(19)11-12-20(15)21-13-17-8-3-4-9-18(17)14-22(21)2/h3-7,10-14H,8-9H2,1-2H3/q+1. The van der Waals surface area contributed by atoms with Crippen LogP contribution in [0.4, 0.5) is 0 Å². The SMILES string of the molecule is Cc1c(-c2cc3c(c[n+]2C)CC=CC3)ccc2ccccc12. The lowest BCUT2D eigenvalue weighted by Crippen LogP contribution is -2.32. The van der Waals surface area contributed by atoms with Crippen molar-refractivity contribution in [1.29, 1.82) is 0 Å². The molecule has 4 rings (SSSR count). The van der Waals surface area contributed by atoms with Crippen molar-refractivity contribution < 1.29 is 4.57 Å². The molecule has 0 atom stereocenters. The van der Waals surface area contributed by atoms with Crippen LogP contribution in [0.5, 0.6) is 0 Å². The third-order valence-electron chi connectivity index (χ3n) is 4.77. The van der Waals surface area contributed by atoms with E-state index in [0.717, 1.165) is 12.8 Å². The summed E-state index contributed by atoms with van der Waals surface area (Å²) in [7, 11) is 2.16. The number of pyridine rings is 1. The number of allylic oxidation sites excluding steroid dienone is 2. The Kier molecular flexibility index (Phi) is 3.07. The molecular formula is C21H20N+. The summed E-state index contributed by atoms with van der Waals surface area (Å²) in [5, 5.41) is 2.66. The molecule has 1 nitrogen and oxygen atoms in total. The summed E-state index contributed by atoms with van der Waals surface area (Å²) in [4.78, 5) is 0. The van der Waals surface area contributed by atoms with E-state index in [1.54, 1.807) is 0 Å². The maximum atomic E-state index is 2.37. The molecule has 2 aromatic carbocycles. The fraction of sp³-hybridized carbons (Fsp3) is 0.190. The van der Waals surface area contributed by atoms with Crippen LogP contribution < -0.4 is 4.57 Å². The summed E-state index contributed by atoms with van der Waals surface area (Å²) in [5.41, 5.74) is 6.91. The molecule has 0 saturated carbocycles. The molecule has 1 heteroatoms. The van der Waals surface area contributed by atoms with Gasteiger partial charge < -0.3 is 0 Å². The first-order chi connectivity index (χ1) is 10.7. The van der Waals surface area contributed by atoms with Crippen molar-refractivity contribution in [3.8, 4) is 11.3 Å². The molecule has 0 N–H and O–H groups in total. The molecular weight excluding hydrogens is 266 g/mol. The number of hydrogen-bond acceptors (Lipinski definition) is 0. The van der Waals surface area contributed by atoms with Gasteiger partial charge in [-0.2, -0.15) is 0 Å². The Balaban J connectivity index is 1.94. The van der Waals surface area contributed by atoms with E-state index < -0.39 is 0 Å². The highest BCUT2D eigenvalue weighted by Crippen LogP contribution is 2.29. The molecule has 0 bridgehead atoms. The van der Waals surface area contributed by atoms with Crippen molar-refractivity contribution in [3.05, 3.63) is 77.5 Å². The average molecular weight is 286 g/mol. The predicted octanol–water partition coefficient (Wildman–Crippen LogP) is 4.29. The maximum Gasteiger partial charge on any atom is 0.212 e. The minimum Gasteiger partial charge on any atom is -0.201 e. The van der Waals surface area contributed by atoms with E-state index in [0.29, 0.717) is 0 Å². The molecule has 0 saturated heterocycles. The predicted molar refractivity (Wildman–Crippen MR) is 91.8 cm³/mol. The van der Waals surface area contributed by atoms with Gasteiger partial charge >= 0.3 is 0 Å². The summed E-state index contributed by atoms with van der Waals surface area (Å²) < 4.78 is 2.27. The van der Waals surface area contributed by atoms with Crippen LogP contribution in [0.15, 0.2) is 60.8 Å². The quantitative estimate of drug-likeness (QED) is 0.464. The zero-order valence-electron chi connectivity index (χ0n) is 13.1. The molecule has 22 heavy (non-hydrogen) atoms. The number of rotatable bonds is 1. The van der Waals surface area contributed by atoms with Crippen LogP contribution in [-0.2, 0) is 19.9 Å². The third-order valence-corrected chi connectivity index (χ3v) is 4.77. The second-order valence-corrected chi connectivity index (χ2v) is 6.16. The highest BCUT2D eigenvalue weighted by molar-refractivity contribution is 5.90. The number of fused-ring (bicyclic) bond motifs is 2. The summed E-state index contributed by atoms with van der Waals surface area (Å²) >= 11 is 0. The average Bonchev–Trinajstić information content (AvgIpc) is 2.55. The molecule has 1 aromatic heterocycles. The molecule has 3 aromatic rings. The highest BCUT2D eigenvalue weighted by Gasteiger charge is 2.18. The second-order valence-electron chi connectivity index (χ2n) is 6.16. The van der Waals surface area contributed by atoms with Crippen LogP contribution in [0, 0.1) is 6.92 Å². The van der Waals surface area contributed by atoms with E-state index in [1.165, 1.54) is 38.7 Å². The lowest BCUT2D eigenvalue weighted by molar-refractivity contribution is -0.660. The second kappa shape index (κ2) is 5.10. The largest absolute Gasteiger partial charge is 0.212 e. The van der Waals surface area contributed by atoms with Crippen molar-refractivity contribution in [2.24, 2.45) is 7.05 Å². The van der Waals surface area contributed by atoms with Crippen molar-refractivity contribution in [2.75, 3.05) is 0 Å². The summed E-state index contributed by atoms with van der Waals surface area (Å²) in [6, 6.07) is 15.5. The van der Waals surface area contributed by atoms with E-state index in [2.05, 4.69) is 79.4 Å². The first-order valence-corrected chi connectivity index (χ1v) is 7.89.